The molecule has 6 nitrogen and oxygen atoms in total. The van der Waals surface area contributed by atoms with E-state index in [1.54, 1.807) is 12.1 Å². The van der Waals surface area contributed by atoms with E-state index in [2.05, 4.69) is 59.6 Å². The molecule has 4 rings (SSSR count). The molecule has 8 heteroatoms. The Morgan fingerprint density at radius 1 is 0.442 bits per heavy atom. The second kappa shape index (κ2) is 21.7. The van der Waals surface area contributed by atoms with E-state index >= 15 is 0 Å². The zero-order valence-corrected chi connectivity index (χ0v) is 35.7. The average Bonchev–Trinajstić information content (AvgIpc) is 3.12. The first-order valence-corrected chi connectivity index (χ1v) is 22.5. The SMILES string of the molecule is CCCCCCC(CCCCCC)CCN1C(=O)c2cc(Br)c3c4c(cc(Br)c(c24)C1=O)C(=O)N(CCC(CCCCCC)CCCCCC)C3=O. The van der Waals surface area contributed by atoms with E-state index in [1.165, 1.54) is 113 Å². The van der Waals surface area contributed by atoms with Crippen LogP contribution in [-0.4, -0.2) is 46.5 Å². The molecular weight excluding hydrogens is 780 g/mol. The molecule has 0 saturated carbocycles. The molecule has 0 bridgehead atoms. The zero-order chi connectivity index (χ0) is 37.6. The molecule has 0 aliphatic carbocycles. The summed E-state index contributed by atoms with van der Waals surface area (Å²) in [6.07, 6.45) is 25.4. The molecule has 2 heterocycles. The van der Waals surface area contributed by atoms with Gasteiger partial charge in [-0.05, 0) is 68.7 Å². The van der Waals surface area contributed by atoms with Gasteiger partial charge in [0.1, 0.15) is 0 Å². The van der Waals surface area contributed by atoms with Gasteiger partial charge in [-0.15, -0.1) is 0 Å². The van der Waals surface area contributed by atoms with Gasteiger partial charge in [-0.3, -0.25) is 29.0 Å². The first-order chi connectivity index (χ1) is 25.2. The third kappa shape index (κ3) is 10.6. The fourth-order valence-corrected chi connectivity index (χ4v) is 9.60. The summed E-state index contributed by atoms with van der Waals surface area (Å²) in [4.78, 5) is 59.5. The lowest BCUT2D eigenvalue weighted by Crippen LogP contribution is -2.44. The minimum absolute atomic E-state index is 0.346. The van der Waals surface area contributed by atoms with Crippen molar-refractivity contribution in [1.82, 2.24) is 9.80 Å². The Morgan fingerprint density at radius 3 is 1.04 bits per heavy atom. The number of rotatable bonds is 26. The average molecular weight is 845 g/mol. The predicted molar refractivity (Wildman–Crippen MR) is 221 cm³/mol. The van der Waals surface area contributed by atoms with Crippen LogP contribution in [0.3, 0.4) is 0 Å². The monoisotopic (exact) mass is 842 g/mol. The number of nitrogens with zero attached hydrogens (tertiary/aromatic N) is 2. The van der Waals surface area contributed by atoms with Gasteiger partial charge < -0.3 is 0 Å². The number of carbonyl (C=O) groups is 4. The van der Waals surface area contributed by atoms with Gasteiger partial charge in [0.15, 0.2) is 0 Å². The van der Waals surface area contributed by atoms with Crippen molar-refractivity contribution in [3.05, 3.63) is 43.3 Å². The van der Waals surface area contributed by atoms with Crippen molar-refractivity contribution >= 4 is 66.3 Å². The van der Waals surface area contributed by atoms with Gasteiger partial charge in [0.25, 0.3) is 23.6 Å². The van der Waals surface area contributed by atoms with Crippen LogP contribution < -0.4 is 0 Å². The third-order valence-electron chi connectivity index (χ3n) is 11.6. The number of carbonyl (C=O) groups excluding carboxylic acids is 4. The third-order valence-corrected chi connectivity index (χ3v) is 12.8. The second-order valence-electron chi connectivity index (χ2n) is 15.5. The molecule has 0 saturated heterocycles. The van der Waals surface area contributed by atoms with Crippen molar-refractivity contribution < 1.29 is 19.2 Å². The summed E-state index contributed by atoms with van der Waals surface area (Å²) in [6.45, 7) is 9.63. The Morgan fingerprint density at radius 2 is 0.750 bits per heavy atom. The number of hydrogen-bond acceptors (Lipinski definition) is 4. The highest BCUT2D eigenvalue weighted by atomic mass is 79.9. The Labute approximate surface area is 330 Å². The van der Waals surface area contributed by atoms with Gasteiger partial charge in [0.05, 0.1) is 11.1 Å². The highest BCUT2D eigenvalue weighted by molar-refractivity contribution is 9.10. The fourth-order valence-electron chi connectivity index (χ4n) is 8.41. The van der Waals surface area contributed by atoms with E-state index in [4.69, 9.17) is 0 Å². The molecular formula is C44H64Br2N2O4. The van der Waals surface area contributed by atoms with Crippen molar-refractivity contribution in [2.75, 3.05) is 13.1 Å². The Hall–Kier alpha value is -2.06. The van der Waals surface area contributed by atoms with Crippen molar-refractivity contribution in [2.45, 2.75) is 169 Å². The molecule has 2 aliphatic heterocycles. The van der Waals surface area contributed by atoms with Crippen LogP contribution in [0.25, 0.3) is 10.8 Å². The Balaban J connectivity index is 1.57. The normalized spacial score (nSPS) is 14.3. The molecule has 0 radical (unpaired) electrons. The lowest BCUT2D eigenvalue weighted by molar-refractivity contribution is 0.0577. The number of unbranched alkanes of at least 4 members (excludes halogenated alkanes) is 12. The van der Waals surface area contributed by atoms with Gasteiger partial charge >= 0.3 is 0 Å². The molecule has 0 unspecified atom stereocenters. The molecule has 0 atom stereocenters. The number of benzene rings is 2. The van der Waals surface area contributed by atoms with Gasteiger partial charge in [-0.25, -0.2) is 0 Å². The van der Waals surface area contributed by atoms with Gasteiger partial charge in [0, 0.05) is 43.9 Å². The van der Waals surface area contributed by atoms with Crippen molar-refractivity contribution in [3.8, 4) is 0 Å². The summed E-state index contributed by atoms with van der Waals surface area (Å²) < 4.78 is 0.991. The van der Waals surface area contributed by atoms with E-state index in [0.717, 1.165) is 38.5 Å². The van der Waals surface area contributed by atoms with Crippen LogP contribution >= 0.6 is 31.9 Å². The number of imide groups is 2. The molecule has 0 spiro atoms. The maximum absolute atomic E-state index is 14.2. The van der Waals surface area contributed by atoms with Crippen LogP contribution in [-0.2, 0) is 0 Å². The minimum atomic E-state index is -0.351. The summed E-state index contributed by atoms with van der Waals surface area (Å²) in [7, 11) is 0. The minimum Gasteiger partial charge on any atom is -0.274 e. The Bertz CT molecular complexity index is 1400. The van der Waals surface area contributed by atoms with Crippen LogP contribution in [0.5, 0.6) is 0 Å². The number of amides is 4. The molecule has 2 aliphatic rings. The lowest BCUT2D eigenvalue weighted by atomic mass is 9.85. The summed E-state index contributed by atoms with van der Waals surface area (Å²) in [5.41, 5.74) is 1.49. The van der Waals surface area contributed by atoms with Crippen LogP contribution in [0.4, 0.5) is 0 Å². The van der Waals surface area contributed by atoms with E-state index in [0.29, 0.717) is 66.9 Å². The quantitative estimate of drug-likeness (QED) is 0.0698. The maximum atomic E-state index is 14.2. The van der Waals surface area contributed by atoms with Crippen LogP contribution in [0.2, 0.25) is 0 Å². The van der Waals surface area contributed by atoms with Crippen molar-refractivity contribution in [3.63, 3.8) is 0 Å². The summed E-state index contributed by atoms with van der Waals surface area (Å²) >= 11 is 7.30. The van der Waals surface area contributed by atoms with Gasteiger partial charge in [-0.2, -0.15) is 0 Å². The number of hydrogen-bond donors (Lipinski definition) is 0. The summed E-state index contributed by atoms with van der Waals surface area (Å²) in [5.74, 6) is -0.460. The Kier molecular flexibility index (Phi) is 17.8. The van der Waals surface area contributed by atoms with E-state index in [1.807, 2.05) is 0 Å². The van der Waals surface area contributed by atoms with Crippen molar-refractivity contribution in [1.29, 1.82) is 0 Å². The molecule has 52 heavy (non-hydrogen) atoms. The standard InChI is InChI=1S/C44H64Br2N2O4/c1-5-9-13-17-21-31(22-18-14-10-6-2)25-27-47-41(49)33-29-36(46)40-38-34(30-35(45)39(37(33)38)43(47)51)42(50)48(44(40)52)28-26-32(23-19-15-11-7-3)24-20-16-12-8-4/h29-32H,5-28H2,1-4H3. The number of halogens is 2. The molecule has 2 aromatic rings. The highest BCUT2D eigenvalue weighted by Crippen LogP contribution is 2.44. The topological polar surface area (TPSA) is 74.8 Å². The second-order valence-corrected chi connectivity index (χ2v) is 17.3. The van der Waals surface area contributed by atoms with Crippen LogP contribution in [0.15, 0.2) is 21.1 Å². The smallest absolute Gasteiger partial charge is 0.262 e. The molecule has 4 amide bonds. The van der Waals surface area contributed by atoms with E-state index in [-0.39, 0.29) is 23.6 Å². The largest absolute Gasteiger partial charge is 0.274 e. The van der Waals surface area contributed by atoms with Crippen molar-refractivity contribution in [2.24, 2.45) is 11.8 Å². The first-order valence-electron chi connectivity index (χ1n) is 20.9. The van der Waals surface area contributed by atoms with E-state index in [9.17, 15) is 19.2 Å². The fraction of sp³-hybridized carbons (Fsp3) is 0.682. The summed E-state index contributed by atoms with van der Waals surface area (Å²) in [5, 5.41) is 0.853. The molecule has 2 aromatic carbocycles. The molecule has 0 fully saturated rings. The lowest BCUT2D eigenvalue weighted by Gasteiger charge is -2.34. The van der Waals surface area contributed by atoms with Gasteiger partial charge in [-0.1, -0.05) is 156 Å². The van der Waals surface area contributed by atoms with Crippen LogP contribution in [0, 0.1) is 11.8 Å². The molecule has 0 aromatic heterocycles. The summed E-state index contributed by atoms with van der Waals surface area (Å²) in [6, 6.07) is 3.42. The maximum Gasteiger partial charge on any atom is 0.262 e. The zero-order valence-electron chi connectivity index (χ0n) is 32.6. The van der Waals surface area contributed by atoms with Crippen LogP contribution in [0.1, 0.15) is 210 Å². The van der Waals surface area contributed by atoms with Gasteiger partial charge in [0.2, 0.25) is 0 Å². The predicted octanol–water partition coefficient (Wildman–Crippen LogP) is 13.5. The highest BCUT2D eigenvalue weighted by Gasteiger charge is 2.42. The molecule has 0 N–H and O–H groups in total. The van der Waals surface area contributed by atoms with E-state index < -0.39 is 0 Å². The first kappa shape index (κ1) is 42.7. The molecule has 288 valence electrons.